The molecule has 0 heterocycles. The third-order valence-electron chi connectivity index (χ3n) is 4.46. The highest BCUT2D eigenvalue weighted by molar-refractivity contribution is 5.91. The Kier molecular flexibility index (Phi) is 7.84. The van der Waals surface area contributed by atoms with Crippen molar-refractivity contribution in [3.63, 3.8) is 0 Å². The Morgan fingerprint density at radius 1 is 0.968 bits per heavy atom. The lowest BCUT2D eigenvalue weighted by molar-refractivity contribution is -0.134. The van der Waals surface area contributed by atoms with E-state index in [-0.39, 0.29) is 12.4 Å². The maximum atomic E-state index is 12.2. The number of esters is 1. The van der Waals surface area contributed by atoms with Crippen LogP contribution in [0.1, 0.15) is 24.0 Å². The number of rotatable bonds is 9. The van der Waals surface area contributed by atoms with Gasteiger partial charge in [0, 0.05) is 12.0 Å². The first-order chi connectivity index (χ1) is 15.2. The molecule has 0 aliphatic heterocycles. The fourth-order valence-electron chi connectivity index (χ4n) is 2.98. The zero-order valence-electron chi connectivity index (χ0n) is 17.3. The number of carbonyl (C=O) groups excluding carboxylic acids is 1. The summed E-state index contributed by atoms with van der Waals surface area (Å²) in [6.07, 6.45) is 2.54. The second-order valence-corrected chi connectivity index (χ2v) is 6.68. The third kappa shape index (κ3) is 6.48. The summed E-state index contributed by atoms with van der Waals surface area (Å²) < 4.78 is 16.4. The summed E-state index contributed by atoms with van der Waals surface area (Å²) >= 11 is 0. The van der Waals surface area contributed by atoms with E-state index in [4.69, 9.17) is 14.2 Å². The number of hydrogen-bond acceptors (Lipinski definition) is 5. The molecule has 0 aromatic heterocycles. The van der Waals surface area contributed by atoms with Crippen molar-refractivity contribution in [3.8, 4) is 23.3 Å². The highest BCUT2D eigenvalue weighted by atomic mass is 16.5. The Morgan fingerprint density at radius 2 is 1.71 bits per heavy atom. The topological polar surface area (TPSA) is 68.5 Å². The van der Waals surface area contributed by atoms with Gasteiger partial charge in [-0.05, 0) is 54.5 Å². The molecule has 156 valence electrons. The Morgan fingerprint density at radius 3 is 2.48 bits per heavy atom. The zero-order chi connectivity index (χ0) is 21.9. The molecule has 3 rings (SSSR count). The van der Waals surface area contributed by atoms with Gasteiger partial charge in [-0.1, -0.05) is 42.5 Å². The fraction of sp³-hybridized carbons (Fsp3) is 0.154. The van der Waals surface area contributed by atoms with Crippen LogP contribution in [0, 0.1) is 11.3 Å². The van der Waals surface area contributed by atoms with Crippen LogP contribution in [-0.2, 0) is 4.79 Å². The minimum Gasteiger partial charge on any atom is -0.496 e. The average molecular weight is 413 g/mol. The number of nitrogens with zero attached hydrogens (tertiary/aromatic N) is 1. The van der Waals surface area contributed by atoms with Crippen molar-refractivity contribution >= 4 is 17.6 Å². The van der Waals surface area contributed by atoms with Gasteiger partial charge in [0.2, 0.25) is 0 Å². The Bertz CT molecular complexity index is 1080. The summed E-state index contributed by atoms with van der Waals surface area (Å²) in [5.74, 6) is 1.50. The van der Waals surface area contributed by atoms with Gasteiger partial charge in [-0.25, -0.2) is 0 Å². The van der Waals surface area contributed by atoms with Crippen LogP contribution in [0.3, 0.4) is 0 Å². The third-order valence-corrected chi connectivity index (χ3v) is 4.46. The number of methoxy groups -OCH3 is 1. The van der Waals surface area contributed by atoms with Gasteiger partial charge in [-0.2, -0.15) is 5.26 Å². The van der Waals surface area contributed by atoms with Crippen LogP contribution in [0.5, 0.6) is 17.2 Å². The average Bonchev–Trinajstić information content (AvgIpc) is 2.81. The van der Waals surface area contributed by atoms with Crippen LogP contribution in [0.4, 0.5) is 0 Å². The summed E-state index contributed by atoms with van der Waals surface area (Å²) in [6.45, 7) is 0.437. The van der Waals surface area contributed by atoms with Crippen LogP contribution in [0.2, 0.25) is 0 Å². The van der Waals surface area contributed by atoms with E-state index < -0.39 is 0 Å². The van der Waals surface area contributed by atoms with Crippen LogP contribution in [0.15, 0.2) is 78.9 Å². The molecule has 0 unspecified atom stereocenters. The van der Waals surface area contributed by atoms with E-state index in [2.05, 4.69) is 6.07 Å². The summed E-state index contributed by atoms with van der Waals surface area (Å²) in [4.78, 5) is 12.2. The smallest absolute Gasteiger partial charge is 0.311 e. The van der Waals surface area contributed by atoms with Crippen molar-refractivity contribution in [2.24, 2.45) is 0 Å². The number of nitriles is 1. The number of carbonyl (C=O) groups is 1. The van der Waals surface area contributed by atoms with E-state index in [0.29, 0.717) is 35.7 Å². The number of hydrogen-bond donors (Lipinski definition) is 0. The highest BCUT2D eigenvalue weighted by Gasteiger charge is 2.09. The van der Waals surface area contributed by atoms with Gasteiger partial charge in [-0.3, -0.25) is 4.79 Å². The SMILES string of the molecule is COc1ccccc1/C(C#N)=C\c1cccc(OC(=O)CCCOc2ccccc2)c1. The molecule has 3 aromatic carbocycles. The van der Waals surface area contributed by atoms with Gasteiger partial charge in [0.05, 0.1) is 25.4 Å². The lowest BCUT2D eigenvalue weighted by Crippen LogP contribution is -2.10. The largest absolute Gasteiger partial charge is 0.496 e. The predicted octanol–water partition coefficient (Wildman–Crippen LogP) is 5.52. The molecule has 5 nitrogen and oxygen atoms in total. The first-order valence-electron chi connectivity index (χ1n) is 9.93. The molecular weight excluding hydrogens is 390 g/mol. The summed E-state index contributed by atoms with van der Waals surface area (Å²) in [5.41, 5.74) is 1.91. The van der Waals surface area contributed by atoms with E-state index in [1.807, 2.05) is 54.6 Å². The lowest BCUT2D eigenvalue weighted by Gasteiger charge is -2.08. The van der Waals surface area contributed by atoms with Gasteiger partial charge in [0.15, 0.2) is 0 Å². The Balaban J connectivity index is 1.59. The van der Waals surface area contributed by atoms with Crippen molar-refractivity contribution in [2.75, 3.05) is 13.7 Å². The minimum atomic E-state index is -0.331. The molecule has 0 fully saturated rings. The molecule has 0 aliphatic rings. The van der Waals surface area contributed by atoms with E-state index in [1.165, 1.54) is 0 Å². The molecule has 0 amide bonds. The number of allylic oxidation sites excluding steroid dienone is 1. The van der Waals surface area contributed by atoms with Crippen LogP contribution >= 0.6 is 0 Å². The quantitative estimate of drug-likeness (QED) is 0.152. The molecule has 0 aliphatic carbocycles. The number of benzene rings is 3. The van der Waals surface area contributed by atoms with Crippen molar-refractivity contribution in [3.05, 3.63) is 90.0 Å². The molecule has 0 saturated heterocycles. The molecule has 0 saturated carbocycles. The lowest BCUT2D eigenvalue weighted by atomic mass is 10.0. The van der Waals surface area contributed by atoms with Gasteiger partial charge < -0.3 is 14.2 Å². The van der Waals surface area contributed by atoms with Crippen molar-refractivity contribution in [2.45, 2.75) is 12.8 Å². The number of para-hydroxylation sites is 2. The maximum absolute atomic E-state index is 12.2. The summed E-state index contributed by atoms with van der Waals surface area (Å²) in [5, 5.41) is 9.61. The molecule has 0 bridgehead atoms. The first-order valence-corrected chi connectivity index (χ1v) is 9.93. The van der Waals surface area contributed by atoms with Gasteiger partial charge in [-0.15, -0.1) is 0 Å². The zero-order valence-corrected chi connectivity index (χ0v) is 17.3. The summed E-state index contributed by atoms with van der Waals surface area (Å²) in [7, 11) is 1.57. The fourth-order valence-corrected chi connectivity index (χ4v) is 2.98. The molecule has 0 spiro atoms. The van der Waals surface area contributed by atoms with Gasteiger partial charge >= 0.3 is 5.97 Å². The minimum absolute atomic E-state index is 0.248. The van der Waals surface area contributed by atoms with E-state index in [1.54, 1.807) is 37.5 Å². The normalized spacial score (nSPS) is 10.8. The Hall–Kier alpha value is -4.04. The molecular formula is C26H23NO4. The monoisotopic (exact) mass is 413 g/mol. The molecule has 0 atom stereocenters. The van der Waals surface area contributed by atoms with Crippen molar-refractivity contribution in [1.29, 1.82) is 5.26 Å². The Labute approximate surface area is 182 Å². The van der Waals surface area contributed by atoms with Gasteiger partial charge in [0.25, 0.3) is 0 Å². The van der Waals surface area contributed by atoms with Gasteiger partial charge in [0.1, 0.15) is 17.2 Å². The highest BCUT2D eigenvalue weighted by Crippen LogP contribution is 2.27. The standard InChI is InChI=1S/C26H23NO4/c1-29-25-14-6-5-13-24(25)21(19-27)17-20-9-7-12-23(18-20)31-26(28)15-8-16-30-22-10-3-2-4-11-22/h2-7,9-14,17-18H,8,15-16H2,1H3/b21-17-. The molecule has 31 heavy (non-hydrogen) atoms. The predicted molar refractivity (Wildman–Crippen MR) is 120 cm³/mol. The number of ether oxygens (including phenoxy) is 3. The maximum Gasteiger partial charge on any atom is 0.311 e. The summed E-state index contributed by atoms with van der Waals surface area (Å²) in [6, 6.07) is 26.1. The van der Waals surface area contributed by atoms with E-state index in [0.717, 1.165) is 11.3 Å². The molecule has 0 radical (unpaired) electrons. The van der Waals surface area contributed by atoms with E-state index in [9.17, 15) is 10.1 Å². The van der Waals surface area contributed by atoms with Crippen LogP contribution in [-0.4, -0.2) is 19.7 Å². The molecule has 3 aromatic rings. The van der Waals surface area contributed by atoms with E-state index >= 15 is 0 Å². The van der Waals surface area contributed by atoms with Crippen LogP contribution in [0.25, 0.3) is 11.6 Å². The van der Waals surface area contributed by atoms with Crippen LogP contribution < -0.4 is 14.2 Å². The van der Waals surface area contributed by atoms with Crippen molar-refractivity contribution in [1.82, 2.24) is 0 Å². The first kappa shape index (κ1) is 21.7. The van der Waals surface area contributed by atoms with Crippen molar-refractivity contribution < 1.29 is 19.0 Å². The molecule has 5 heteroatoms. The second-order valence-electron chi connectivity index (χ2n) is 6.68. The second kappa shape index (κ2) is 11.2. The molecule has 0 N–H and O–H groups in total.